The summed E-state index contributed by atoms with van der Waals surface area (Å²) >= 11 is 0. The summed E-state index contributed by atoms with van der Waals surface area (Å²) in [5, 5.41) is 29.2. The van der Waals surface area contributed by atoms with E-state index in [1.807, 2.05) is 24.3 Å². The number of hydrogen-bond acceptors (Lipinski definition) is 8. The van der Waals surface area contributed by atoms with Gasteiger partial charge < -0.3 is 42.7 Å². The number of alkyl halides is 6. The molecule has 0 atom stereocenters. The van der Waals surface area contributed by atoms with Gasteiger partial charge in [0.2, 0.25) is 0 Å². The number of nitrogens with zero attached hydrogens (tertiary/aromatic N) is 2. The molecule has 0 bridgehead atoms. The minimum absolute atomic E-state index is 0.0472. The maximum absolute atomic E-state index is 12.1. The number of benzene rings is 1. The zero-order valence-electron chi connectivity index (χ0n) is 20.8. The Hall–Kier alpha value is -4.29. The van der Waals surface area contributed by atoms with Crippen LogP contribution in [0.15, 0.2) is 34.4 Å². The molecular weight excluding hydrogens is 562 g/mol. The van der Waals surface area contributed by atoms with Crippen molar-refractivity contribution in [2.45, 2.75) is 38.0 Å². The molecule has 40 heavy (non-hydrogen) atoms. The molecule has 10 N–H and O–H groups in total. The third-order valence-electron chi connectivity index (χ3n) is 3.94. The number of carboxylic acids is 2. The molecule has 1 amide bonds. The fourth-order valence-corrected chi connectivity index (χ4v) is 2.08. The Morgan fingerprint density at radius 3 is 1.80 bits per heavy atom. The summed E-state index contributed by atoms with van der Waals surface area (Å²) in [6, 6.07) is 7.27. The van der Waals surface area contributed by atoms with Crippen molar-refractivity contribution in [2.75, 3.05) is 26.2 Å². The van der Waals surface area contributed by atoms with Gasteiger partial charge in [0.25, 0.3) is 5.91 Å². The first-order valence-electron chi connectivity index (χ1n) is 11.0. The number of aliphatic carboxylic acids is 2. The highest BCUT2D eigenvalue weighted by atomic mass is 19.4. The summed E-state index contributed by atoms with van der Waals surface area (Å²) in [4.78, 5) is 33.7. The van der Waals surface area contributed by atoms with Crippen LogP contribution in [-0.4, -0.2) is 83.5 Å². The van der Waals surface area contributed by atoms with E-state index >= 15 is 0 Å². The molecule has 0 aromatic heterocycles. The molecule has 1 aromatic carbocycles. The molecule has 228 valence electrons. The SMILES string of the molecule is NCCCOc1ccc(C/C(=N\O)C(=O)NCCCCN=C(N)N)cc1.O=C(O)C(F)(F)F.O=C(O)C(F)(F)F. The van der Waals surface area contributed by atoms with Crippen LogP contribution in [0.5, 0.6) is 5.75 Å². The van der Waals surface area contributed by atoms with Crippen LogP contribution in [0.3, 0.4) is 0 Å². The van der Waals surface area contributed by atoms with Crippen LogP contribution in [0.1, 0.15) is 24.8 Å². The number of hydrogen-bond donors (Lipinski definition) is 7. The summed E-state index contributed by atoms with van der Waals surface area (Å²) in [6.07, 6.45) is -7.69. The van der Waals surface area contributed by atoms with E-state index in [1.165, 1.54) is 0 Å². The van der Waals surface area contributed by atoms with Crippen LogP contribution in [0.4, 0.5) is 26.3 Å². The number of halogens is 6. The molecule has 1 aromatic rings. The molecule has 0 saturated carbocycles. The minimum atomic E-state index is -5.08. The number of carboxylic acid groups (broad SMARTS) is 2. The molecular formula is C21H30F6N6O7. The number of carbonyl (C=O) groups is 3. The first kappa shape index (κ1) is 37.9. The Labute approximate surface area is 223 Å². The highest BCUT2D eigenvalue weighted by Crippen LogP contribution is 2.14. The standard InChI is InChI=1S/C17H28N6O3.2C2HF3O2/c18-8-3-11-26-14-6-4-13(5-7-14)12-15(23-25)16(24)21-9-1-2-10-22-17(19)20;2*3-2(4,5)1(6)7/h4-7,25H,1-3,8-12,18H2,(H,21,24)(H4,19,20,22);2*(H,6,7)/b23-15+;;. The van der Waals surface area contributed by atoms with Crippen molar-refractivity contribution in [3.05, 3.63) is 29.8 Å². The largest absolute Gasteiger partial charge is 0.494 e. The molecule has 0 aliphatic carbocycles. The highest BCUT2D eigenvalue weighted by molar-refractivity contribution is 6.39. The minimum Gasteiger partial charge on any atom is -0.494 e. The van der Waals surface area contributed by atoms with E-state index in [0.29, 0.717) is 26.2 Å². The maximum atomic E-state index is 12.1. The fraction of sp³-hybridized carbons (Fsp3) is 0.476. The van der Waals surface area contributed by atoms with Crippen molar-refractivity contribution in [3.63, 3.8) is 0 Å². The number of amides is 1. The topological polar surface area (TPSA) is 236 Å². The quantitative estimate of drug-likeness (QED) is 0.0457. The molecule has 0 saturated heterocycles. The highest BCUT2D eigenvalue weighted by Gasteiger charge is 2.38. The number of guanidine groups is 1. The third-order valence-corrected chi connectivity index (χ3v) is 3.94. The number of nitrogens with two attached hydrogens (primary N) is 3. The zero-order chi connectivity index (χ0) is 31.4. The van der Waals surface area contributed by atoms with Gasteiger partial charge in [0.1, 0.15) is 11.5 Å². The van der Waals surface area contributed by atoms with Crippen molar-refractivity contribution in [2.24, 2.45) is 27.3 Å². The molecule has 19 heteroatoms. The Morgan fingerprint density at radius 2 is 1.40 bits per heavy atom. The molecule has 0 unspecified atom stereocenters. The Morgan fingerprint density at radius 1 is 0.900 bits per heavy atom. The summed E-state index contributed by atoms with van der Waals surface area (Å²) in [5.74, 6) is -5.13. The monoisotopic (exact) mass is 592 g/mol. The number of nitrogens with one attached hydrogen (secondary N) is 1. The van der Waals surface area contributed by atoms with Crippen LogP contribution in [0.2, 0.25) is 0 Å². The van der Waals surface area contributed by atoms with Crippen LogP contribution >= 0.6 is 0 Å². The lowest BCUT2D eigenvalue weighted by Gasteiger charge is -2.08. The molecule has 0 aliphatic rings. The average molecular weight is 592 g/mol. The third kappa shape index (κ3) is 20.7. The van der Waals surface area contributed by atoms with Gasteiger partial charge in [0.05, 0.1) is 6.61 Å². The lowest BCUT2D eigenvalue weighted by molar-refractivity contribution is -0.193. The normalized spacial score (nSPS) is 11.1. The second-order valence-corrected chi connectivity index (χ2v) is 7.23. The number of oxime groups is 1. The molecule has 0 heterocycles. The summed E-state index contributed by atoms with van der Waals surface area (Å²) in [5.41, 5.74) is 16.8. The fourth-order valence-electron chi connectivity index (χ4n) is 2.08. The van der Waals surface area contributed by atoms with E-state index < -0.39 is 30.2 Å². The van der Waals surface area contributed by atoms with Gasteiger partial charge in [-0.15, -0.1) is 0 Å². The van der Waals surface area contributed by atoms with E-state index in [4.69, 9.17) is 46.9 Å². The van der Waals surface area contributed by atoms with Gasteiger partial charge >= 0.3 is 24.3 Å². The number of carbonyl (C=O) groups excluding carboxylic acids is 1. The van der Waals surface area contributed by atoms with Gasteiger partial charge in [-0.05, 0) is 43.5 Å². The predicted octanol–water partition coefficient (Wildman–Crippen LogP) is 1.22. The molecule has 0 radical (unpaired) electrons. The predicted molar refractivity (Wildman–Crippen MR) is 129 cm³/mol. The van der Waals surface area contributed by atoms with Crippen molar-refractivity contribution in [1.82, 2.24) is 5.32 Å². The van der Waals surface area contributed by atoms with Gasteiger partial charge in [-0.3, -0.25) is 9.79 Å². The lowest BCUT2D eigenvalue weighted by Crippen LogP contribution is -2.33. The van der Waals surface area contributed by atoms with E-state index in [0.717, 1.165) is 30.6 Å². The van der Waals surface area contributed by atoms with Crippen LogP contribution in [0, 0.1) is 0 Å². The van der Waals surface area contributed by atoms with Crippen molar-refractivity contribution < 1.29 is 60.9 Å². The van der Waals surface area contributed by atoms with Gasteiger partial charge in [0.15, 0.2) is 5.96 Å². The van der Waals surface area contributed by atoms with Gasteiger partial charge in [-0.2, -0.15) is 26.3 Å². The van der Waals surface area contributed by atoms with Crippen molar-refractivity contribution in [1.29, 1.82) is 0 Å². The van der Waals surface area contributed by atoms with Crippen molar-refractivity contribution in [3.8, 4) is 5.75 Å². The van der Waals surface area contributed by atoms with Crippen LogP contribution in [-0.2, 0) is 20.8 Å². The second kappa shape index (κ2) is 19.7. The lowest BCUT2D eigenvalue weighted by atomic mass is 10.1. The molecule has 0 spiro atoms. The van der Waals surface area contributed by atoms with Crippen LogP contribution in [0.25, 0.3) is 0 Å². The summed E-state index contributed by atoms with van der Waals surface area (Å²) in [6.45, 7) is 2.10. The van der Waals surface area contributed by atoms with Crippen molar-refractivity contribution >= 4 is 29.5 Å². The number of rotatable bonds is 12. The van der Waals surface area contributed by atoms with Crippen LogP contribution < -0.4 is 27.3 Å². The number of aliphatic imine (C=N–C) groups is 1. The van der Waals surface area contributed by atoms with E-state index in [-0.39, 0.29) is 18.1 Å². The Balaban J connectivity index is 0. The maximum Gasteiger partial charge on any atom is 0.490 e. The van der Waals surface area contributed by atoms with E-state index in [9.17, 15) is 31.1 Å². The Kier molecular flexibility index (Phi) is 18.7. The van der Waals surface area contributed by atoms with Gasteiger partial charge in [-0.25, -0.2) is 9.59 Å². The number of unbranched alkanes of at least 4 members (excludes halogenated alkanes) is 1. The van der Waals surface area contributed by atoms with Gasteiger partial charge in [-0.1, -0.05) is 17.3 Å². The second-order valence-electron chi connectivity index (χ2n) is 7.23. The zero-order valence-corrected chi connectivity index (χ0v) is 20.8. The molecule has 13 nitrogen and oxygen atoms in total. The first-order valence-corrected chi connectivity index (χ1v) is 11.0. The summed E-state index contributed by atoms with van der Waals surface area (Å²) in [7, 11) is 0. The molecule has 0 aliphatic heterocycles. The smallest absolute Gasteiger partial charge is 0.490 e. The average Bonchev–Trinajstić information content (AvgIpc) is 2.85. The molecule has 0 fully saturated rings. The molecule has 1 rings (SSSR count). The number of ether oxygens (including phenoxy) is 1. The summed E-state index contributed by atoms with van der Waals surface area (Å²) < 4.78 is 69.0. The Bertz CT molecular complexity index is 942. The first-order chi connectivity index (χ1) is 18.4. The van der Waals surface area contributed by atoms with Gasteiger partial charge in [0, 0.05) is 19.5 Å². The van der Waals surface area contributed by atoms with E-state index in [2.05, 4.69) is 15.5 Å². The van der Waals surface area contributed by atoms with E-state index in [1.54, 1.807) is 0 Å².